The van der Waals surface area contributed by atoms with Crippen molar-refractivity contribution < 1.29 is 9.59 Å². The van der Waals surface area contributed by atoms with E-state index in [0.29, 0.717) is 28.8 Å². The highest BCUT2D eigenvalue weighted by Gasteiger charge is 2.15. The summed E-state index contributed by atoms with van der Waals surface area (Å²) in [5, 5.41) is 14.5. The van der Waals surface area contributed by atoms with E-state index in [1.54, 1.807) is 11.4 Å². The molecule has 0 atom stereocenters. The molecule has 4 rings (SSSR count). The number of anilines is 1. The number of hydrogen-bond acceptors (Lipinski definition) is 6. The monoisotopic (exact) mass is 465 g/mol. The summed E-state index contributed by atoms with van der Waals surface area (Å²) in [6.07, 6.45) is 0.154. The standard InChI is InChI=1S/C23H23N5O2S2/c1-15-19(16(2)28(27-15)13-17-7-4-3-5-8-17)12-24-21(29)11-18-14-32-23(25-18)26-22(30)20-9-6-10-31-20/h3-10,14H,11-13H2,1-2H3,(H,24,29)(H,25,26,30). The molecule has 7 nitrogen and oxygen atoms in total. The van der Waals surface area contributed by atoms with Crippen LogP contribution in [0.15, 0.2) is 53.2 Å². The minimum Gasteiger partial charge on any atom is -0.352 e. The fraction of sp³-hybridized carbons (Fsp3) is 0.217. The Kier molecular flexibility index (Phi) is 6.77. The molecule has 0 aliphatic rings. The molecule has 0 radical (unpaired) electrons. The van der Waals surface area contributed by atoms with Gasteiger partial charge >= 0.3 is 0 Å². The third kappa shape index (κ3) is 5.30. The zero-order chi connectivity index (χ0) is 22.5. The van der Waals surface area contributed by atoms with E-state index in [-0.39, 0.29) is 18.2 Å². The first-order chi connectivity index (χ1) is 15.5. The largest absolute Gasteiger partial charge is 0.352 e. The van der Waals surface area contributed by atoms with Crippen LogP contribution < -0.4 is 10.6 Å². The van der Waals surface area contributed by atoms with Gasteiger partial charge in [0.15, 0.2) is 5.13 Å². The number of thiophene rings is 1. The Morgan fingerprint density at radius 1 is 1.06 bits per heavy atom. The molecule has 9 heteroatoms. The Labute approximate surface area is 194 Å². The lowest BCUT2D eigenvalue weighted by molar-refractivity contribution is -0.120. The van der Waals surface area contributed by atoms with Crippen molar-refractivity contribution in [3.8, 4) is 0 Å². The summed E-state index contributed by atoms with van der Waals surface area (Å²) in [5.41, 5.74) is 4.78. The van der Waals surface area contributed by atoms with Gasteiger partial charge in [0, 0.05) is 23.2 Å². The third-order valence-electron chi connectivity index (χ3n) is 5.03. The van der Waals surface area contributed by atoms with Crippen LogP contribution in [-0.2, 0) is 24.3 Å². The van der Waals surface area contributed by atoms with E-state index >= 15 is 0 Å². The highest BCUT2D eigenvalue weighted by atomic mass is 32.1. The SMILES string of the molecule is Cc1nn(Cc2ccccc2)c(C)c1CNC(=O)Cc1csc(NC(=O)c2cccs2)n1. The van der Waals surface area contributed by atoms with Crippen LogP contribution in [-0.4, -0.2) is 26.6 Å². The van der Waals surface area contributed by atoms with Crippen LogP contribution in [0.1, 0.15) is 37.9 Å². The van der Waals surface area contributed by atoms with Crippen LogP contribution in [0.2, 0.25) is 0 Å². The molecule has 0 aliphatic carbocycles. The number of hydrogen-bond donors (Lipinski definition) is 2. The highest BCUT2D eigenvalue weighted by molar-refractivity contribution is 7.14. The van der Waals surface area contributed by atoms with E-state index in [2.05, 4.69) is 32.8 Å². The first-order valence-corrected chi connectivity index (χ1v) is 11.9. The topological polar surface area (TPSA) is 88.9 Å². The summed E-state index contributed by atoms with van der Waals surface area (Å²) in [7, 11) is 0. The zero-order valence-electron chi connectivity index (χ0n) is 17.8. The lowest BCUT2D eigenvalue weighted by atomic mass is 10.2. The average molecular weight is 466 g/mol. The second-order valence-electron chi connectivity index (χ2n) is 7.32. The van der Waals surface area contributed by atoms with E-state index in [9.17, 15) is 9.59 Å². The summed E-state index contributed by atoms with van der Waals surface area (Å²) >= 11 is 2.68. The van der Waals surface area contributed by atoms with Crippen molar-refractivity contribution in [1.82, 2.24) is 20.1 Å². The molecule has 0 saturated carbocycles. The van der Waals surface area contributed by atoms with Crippen LogP contribution in [0.3, 0.4) is 0 Å². The number of thiazole rings is 1. The Hall–Kier alpha value is -3.30. The van der Waals surface area contributed by atoms with E-state index in [0.717, 1.165) is 17.0 Å². The Balaban J connectivity index is 1.32. The number of carbonyl (C=O) groups excluding carboxylic acids is 2. The van der Waals surface area contributed by atoms with Crippen LogP contribution in [0, 0.1) is 13.8 Å². The predicted molar refractivity (Wildman–Crippen MR) is 127 cm³/mol. The summed E-state index contributed by atoms with van der Waals surface area (Å²) in [6.45, 7) is 5.09. The number of amides is 2. The van der Waals surface area contributed by atoms with Crippen LogP contribution in [0.25, 0.3) is 0 Å². The van der Waals surface area contributed by atoms with Gasteiger partial charge in [0.05, 0.1) is 29.2 Å². The normalized spacial score (nSPS) is 10.8. The summed E-state index contributed by atoms with van der Waals surface area (Å²) in [4.78, 5) is 29.6. The van der Waals surface area contributed by atoms with Gasteiger partial charge in [0.2, 0.25) is 5.91 Å². The smallest absolute Gasteiger partial charge is 0.267 e. The van der Waals surface area contributed by atoms with E-state index in [1.807, 2.05) is 48.2 Å². The van der Waals surface area contributed by atoms with Crippen molar-refractivity contribution in [2.24, 2.45) is 0 Å². The maximum atomic E-state index is 12.5. The maximum Gasteiger partial charge on any atom is 0.267 e. The molecule has 4 aromatic rings. The van der Waals surface area contributed by atoms with E-state index in [1.165, 1.54) is 28.2 Å². The zero-order valence-corrected chi connectivity index (χ0v) is 19.4. The van der Waals surface area contributed by atoms with Gasteiger partial charge < -0.3 is 5.32 Å². The lowest BCUT2D eigenvalue weighted by Crippen LogP contribution is -2.25. The highest BCUT2D eigenvalue weighted by Crippen LogP contribution is 2.19. The molecule has 0 spiro atoms. The number of nitrogens with zero attached hydrogens (tertiary/aromatic N) is 3. The first kappa shape index (κ1) is 21.9. The minimum absolute atomic E-state index is 0.124. The number of carbonyl (C=O) groups is 2. The molecule has 0 fully saturated rings. The van der Waals surface area contributed by atoms with Crippen LogP contribution in [0.4, 0.5) is 5.13 Å². The molecular formula is C23H23N5O2S2. The van der Waals surface area contributed by atoms with Gasteiger partial charge in [0.1, 0.15) is 0 Å². The maximum absolute atomic E-state index is 12.5. The molecule has 2 N–H and O–H groups in total. The molecule has 164 valence electrons. The predicted octanol–water partition coefficient (Wildman–Crippen LogP) is 4.18. The lowest BCUT2D eigenvalue weighted by Gasteiger charge is -2.07. The van der Waals surface area contributed by atoms with Crippen molar-refractivity contribution in [2.75, 3.05) is 5.32 Å². The van der Waals surface area contributed by atoms with Crippen molar-refractivity contribution in [1.29, 1.82) is 0 Å². The van der Waals surface area contributed by atoms with Crippen molar-refractivity contribution >= 4 is 39.6 Å². The van der Waals surface area contributed by atoms with Crippen LogP contribution in [0.5, 0.6) is 0 Å². The van der Waals surface area contributed by atoms with Gasteiger partial charge in [0.25, 0.3) is 5.91 Å². The van der Waals surface area contributed by atoms with Crippen molar-refractivity contribution in [3.63, 3.8) is 0 Å². The number of benzene rings is 1. The number of aryl methyl sites for hydroxylation is 1. The molecular weight excluding hydrogens is 442 g/mol. The Morgan fingerprint density at radius 3 is 2.62 bits per heavy atom. The molecule has 0 unspecified atom stereocenters. The average Bonchev–Trinajstić information content (AvgIpc) is 3.51. The molecule has 32 heavy (non-hydrogen) atoms. The van der Waals surface area contributed by atoms with Crippen molar-refractivity contribution in [3.05, 3.63) is 86.3 Å². The molecule has 0 aliphatic heterocycles. The van der Waals surface area contributed by atoms with Crippen molar-refractivity contribution in [2.45, 2.75) is 33.4 Å². The minimum atomic E-state index is -0.191. The summed E-state index contributed by atoms with van der Waals surface area (Å²) < 4.78 is 1.97. The molecule has 3 aromatic heterocycles. The fourth-order valence-corrected chi connectivity index (χ4v) is 4.65. The fourth-order valence-electron chi connectivity index (χ4n) is 3.33. The van der Waals surface area contributed by atoms with E-state index < -0.39 is 0 Å². The summed E-state index contributed by atoms with van der Waals surface area (Å²) in [5.74, 6) is -0.315. The van der Waals surface area contributed by atoms with Gasteiger partial charge in [-0.2, -0.15) is 5.10 Å². The first-order valence-electron chi connectivity index (χ1n) is 10.1. The summed E-state index contributed by atoms with van der Waals surface area (Å²) in [6, 6.07) is 13.7. The van der Waals surface area contributed by atoms with Gasteiger partial charge in [-0.3, -0.25) is 19.6 Å². The molecule has 0 bridgehead atoms. The van der Waals surface area contributed by atoms with Gasteiger partial charge in [-0.05, 0) is 30.9 Å². The number of nitrogens with one attached hydrogen (secondary N) is 2. The molecule has 3 heterocycles. The second kappa shape index (κ2) is 9.88. The Bertz CT molecular complexity index is 1210. The van der Waals surface area contributed by atoms with Gasteiger partial charge in [-0.1, -0.05) is 36.4 Å². The van der Waals surface area contributed by atoms with E-state index in [4.69, 9.17) is 0 Å². The van der Waals surface area contributed by atoms with Crippen LogP contribution >= 0.6 is 22.7 Å². The quantitative estimate of drug-likeness (QED) is 0.409. The number of rotatable bonds is 8. The second-order valence-corrected chi connectivity index (χ2v) is 9.13. The third-order valence-corrected chi connectivity index (χ3v) is 6.70. The molecule has 0 saturated heterocycles. The molecule has 2 amide bonds. The Morgan fingerprint density at radius 2 is 1.88 bits per heavy atom. The van der Waals surface area contributed by atoms with Gasteiger partial charge in [-0.15, -0.1) is 22.7 Å². The van der Waals surface area contributed by atoms with Gasteiger partial charge in [-0.25, -0.2) is 4.98 Å². The molecule has 1 aromatic carbocycles. The number of aromatic nitrogens is 3.